The van der Waals surface area contributed by atoms with E-state index in [0.29, 0.717) is 16.9 Å². The van der Waals surface area contributed by atoms with Crippen LogP contribution in [-0.2, 0) is 0 Å². The molecule has 1 aliphatic carbocycles. The average Bonchev–Trinajstić information content (AvgIpc) is 2.64. The molecule has 1 fully saturated rings. The SMILES string of the molecule is CC1(N)CCC(n2c(NC3=CNCC=C3)nc3ccc(F)cc3c2=O)CC1. The summed E-state index contributed by atoms with van der Waals surface area (Å²) in [6.07, 6.45) is 9.02. The zero-order valence-corrected chi connectivity index (χ0v) is 15.3. The Balaban J connectivity index is 1.81. The fourth-order valence-corrected chi connectivity index (χ4v) is 3.80. The number of hydrogen-bond acceptors (Lipinski definition) is 5. The summed E-state index contributed by atoms with van der Waals surface area (Å²) in [5.41, 5.74) is 7.13. The highest BCUT2D eigenvalue weighted by Gasteiger charge is 2.30. The number of fused-ring (bicyclic) bond motifs is 1. The molecule has 27 heavy (non-hydrogen) atoms. The van der Waals surface area contributed by atoms with Gasteiger partial charge in [-0.1, -0.05) is 6.08 Å². The van der Waals surface area contributed by atoms with E-state index >= 15 is 0 Å². The van der Waals surface area contributed by atoms with Crippen molar-refractivity contribution in [3.63, 3.8) is 0 Å². The summed E-state index contributed by atoms with van der Waals surface area (Å²) >= 11 is 0. The Kier molecular flexibility index (Phi) is 4.47. The standard InChI is InChI=1S/C20H24FN5O/c1-20(22)8-6-15(7-9-20)26-18(27)16-11-13(21)4-5-17(16)25-19(26)24-14-3-2-10-23-12-14/h2-5,11-12,15,23H,6-10,22H2,1H3,(H,24,25). The molecule has 0 amide bonds. The fourth-order valence-electron chi connectivity index (χ4n) is 3.80. The van der Waals surface area contributed by atoms with E-state index in [0.717, 1.165) is 37.9 Å². The molecule has 0 radical (unpaired) electrons. The van der Waals surface area contributed by atoms with Gasteiger partial charge in [-0.25, -0.2) is 9.37 Å². The van der Waals surface area contributed by atoms with E-state index in [1.54, 1.807) is 10.6 Å². The van der Waals surface area contributed by atoms with Crippen LogP contribution in [0.15, 0.2) is 47.0 Å². The van der Waals surface area contributed by atoms with Crippen molar-refractivity contribution in [2.24, 2.45) is 5.73 Å². The largest absolute Gasteiger partial charge is 0.386 e. The Morgan fingerprint density at radius 2 is 2.15 bits per heavy atom. The summed E-state index contributed by atoms with van der Waals surface area (Å²) in [5.74, 6) is 0.0401. The molecule has 0 spiro atoms. The summed E-state index contributed by atoms with van der Waals surface area (Å²) in [4.78, 5) is 17.9. The van der Waals surface area contributed by atoms with Gasteiger partial charge in [0.25, 0.3) is 5.56 Å². The molecule has 4 rings (SSSR count). The summed E-state index contributed by atoms with van der Waals surface area (Å²) in [6, 6.07) is 4.12. The van der Waals surface area contributed by atoms with Crippen LogP contribution in [0.1, 0.15) is 38.6 Å². The average molecular weight is 369 g/mol. The van der Waals surface area contributed by atoms with E-state index in [9.17, 15) is 9.18 Å². The molecule has 6 nitrogen and oxygen atoms in total. The van der Waals surface area contributed by atoms with Gasteiger partial charge in [0, 0.05) is 24.3 Å². The number of benzene rings is 1. The highest BCUT2D eigenvalue weighted by molar-refractivity contribution is 5.79. The number of nitrogens with one attached hydrogen (secondary N) is 2. The molecule has 0 unspecified atom stereocenters. The van der Waals surface area contributed by atoms with Crippen molar-refractivity contribution in [2.45, 2.75) is 44.2 Å². The maximum absolute atomic E-state index is 13.7. The number of halogens is 1. The number of nitrogens with two attached hydrogens (primary N) is 1. The maximum atomic E-state index is 13.7. The van der Waals surface area contributed by atoms with Crippen LogP contribution in [-0.4, -0.2) is 21.6 Å². The minimum Gasteiger partial charge on any atom is -0.386 e. The first-order valence-corrected chi connectivity index (χ1v) is 9.31. The molecule has 0 atom stereocenters. The van der Waals surface area contributed by atoms with Gasteiger partial charge in [-0.2, -0.15) is 0 Å². The highest BCUT2D eigenvalue weighted by atomic mass is 19.1. The van der Waals surface area contributed by atoms with Crippen LogP contribution >= 0.6 is 0 Å². The minimum atomic E-state index is -0.436. The first-order chi connectivity index (χ1) is 12.9. The number of anilines is 1. The van der Waals surface area contributed by atoms with Crippen molar-refractivity contribution in [2.75, 3.05) is 11.9 Å². The van der Waals surface area contributed by atoms with Gasteiger partial charge >= 0.3 is 0 Å². The van der Waals surface area contributed by atoms with Crippen molar-refractivity contribution >= 4 is 16.9 Å². The molecule has 1 saturated carbocycles. The predicted molar refractivity (Wildman–Crippen MR) is 105 cm³/mol. The van der Waals surface area contributed by atoms with Crippen LogP contribution in [0.25, 0.3) is 10.9 Å². The molecule has 1 aromatic heterocycles. The van der Waals surface area contributed by atoms with E-state index in [1.165, 1.54) is 12.1 Å². The smallest absolute Gasteiger partial charge is 0.263 e. The number of hydrogen-bond donors (Lipinski definition) is 3. The molecule has 1 aliphatic heterocycles. The minimum absolute atomic E-state index is 0.0158. The van der Waals surface area contributed by atoms with Crippen molar-refractivity contribution in [1.82, 2.24) is 14.9 Å². The first kappa shape index (κ1) is 17.7. The van der Waals surface area contributed by atoms with Gasteiger partial charge in [0.1, 0.15) is 5.82 Å². The molecular formula is C20H24FN5O. The zero-order valence-electron chi connectivity index (χ0n) is 15.3. The Labute approximate surface area is 157 Å². The lowest BCUT2D eigenvalue weighted by Gasteiger charge is -2.35. The maximum Gasteiger partial charge on any atom is 0.263 e. The number of allylic oxidation sites excluding steroid dienone is 1. The second-order valence-corrected chi connectivity index (χ2v) is 7.69. The van der Waals surface area contributed by atoms with Crippen molar-refractivity contribution in [3.8, 4) is 0 Å². The van der Waals surface area contributed by atoms with Gasteiger partial charge in [0.2, 0.25) is 5.95 Å². The van der Waals surface area contributed by atoms with Gasteiger partial charge in [-0.3, -0.25) is 9.36 Å². The lowest BCUT2D eigenvalue weighted by molar-refractivity contribution is 0.250. The molecule has 4 N–H and O–H groups in total. The number of aromatic nitrogens is 2. The van der Waals surface area contributed by atoms with E-state index in [4.69, 9.17) is 5.73 Å². The summed E-state index contributed by atoms with van der Waals surface area (Å²) < 4.78 is 15.4. The van der Waals surface area contributed by atoms with Gasteiger partial charge in [-0.05, 0) is 56.9 Å². The summed E-state index contributed by atoms with van der Waals surface area (Å²) in [7, 11) is 0. The zero-order chi connectivity index (χ0) is 19.0. The molecular weight excluding hydrogens is 345 g/mol. The number of dihydropyridines is 1. The van der Waals surface area contributed by atoms with Crippen LogP contribution in [0.4, 0.5) is 10.3 Å². The van der Waals surface area contributed by atoms with Crippen LogP contribution < -0.4 is 21.9 Å². The Hall–Kier alpha value is -2.67. The Morgan fingerprint density at radius 1 is 1.37 bits per heavy atom. The molecule has 142 valence electrons. The van der Waals surface area contributed by atoms with Gasteiger partial charge in [0.05, 0.1) is 16.6 Å². The second-order valence-electron chi connectivity index (χ2n) is 7.69. The third kappa shape index (κ3) is 3.60. The van der Waals surface area contributed by atoms with Crippen molar-refractivity contribution < 1.29 is 4.39 Å². The van der Waals surface area contributed by atoms with E-state index in [1.807, 2.05) is 25.3 Å². The van der Waals surface area contributed by atoms with Gasteiger partial charge < -0.3 is 16.4 Å². The molecule has 2 heterocycles. The lowest BCUT2D eigenvalue weighted by Crippen LogP contribution is -2.42. The molecule has 2 aliphatic rings. The first-order valence-electron chi connectivity index (χ1n) is 9.31. The Bertz CT molecular complexity index is 982. The quantitative estimate of drug-likeness (QED) is 0.775. The molecule has 2 aromatic rings. The third-order valence-corrected chi connectivity index (χ3v) is 5.37. The third-order valence-electron chi connectivity index (χ3n) is 5.37. The number of nitrogens with zero attached hydrogens (tertiary/aromatic N) is 2. The van der Waals surface area contributed by atoms with Gasteiger partial charge in [0.15, 0.2) is 0 Å². The monoisotopic (exact) mass is 369 g/mol. The second kappa shape index (κ2) is 6.81. The van der Waals surface area contributed by atoms with E-state index in [-0.39, 0.29) is 17.1 Å². The molecule has 7 heteroatoms. The predicted octanol–water partition coefficient (Wildman–Crippen LogP) is 2.78. The highest BCUT2D eigenvalue weighted by Crippen LogP contribution is 2.34. The molecule has 1 aromatic carbocycles. The van der Waals surface area contributed by atoms with Crippen LogP contribution in [0.2, 0.25) is 0 Å². The number of rotatable bonds is 3. The van der Waals surface area contributed by atoms with Crippen LogP contribution in [0, 0.1) is 5.82 Å². The fraction of sp³-hybridized carbons (Fsp3) is 0.400. The van der Waals surface area contributed by atoms with E-state index < -0.39 is 5.82 Å². The summed E-state index contributed by atoms with van der Waals surface area (Å²) in [5, 5.41) is 6.68. The molecule has 0 bridgehead atoms. The van der Waals surface area contributed by atoms with Crippen LogP contribution in [0.5, 0.6) is 0 Å². The van der Waals surface area contributed by atoms with Gasteiger partial charge in [-0.15, -0.1) is 0 Å². The Morgan fingerprint density at radius 3 is 2.85 bits per heavy atom. The van der Waals surface area contributed by atoms with E-state index in [2.05, 4.69) is 15.6 Å². The molecule has 0 saturated heterocycles. The van der Waals surface area contributed by atoms with Crippen LogP contribution in [0.3, 0.4) is 0 Å². The lowest BCUT2D eigenvalue weighted by atomic mass is 9.81. The van der Waals surface area contributed by atoms with Crippen molar-refractivity contribution in [3.05, 3.63) is 58.4 Å². The summed E-state index contributed by atoms with van der Waals surface area (Å²) in [6.45, 7) is 2.81. The van der Waals surface area contributed by atoms with Crippen molar-refractivity contribution in [1.29, 1.82) is 0 Å². The topological polar surface area (TPSA) is 85.0 Å². The normalized spacial score (nSPS) is 25.1.